The number of nitrogens with zero attached hydrogens (tertiary/aromatic N) is 1. The predicted molar refractivity (Wildman–Crippen MR) is 59.4 cm³/mol. The highest BCUT2D eigenvalue weighted by Crippen LogP contribution is 2.21. The third-order valence-electron chi connectivity index (χ3n) is 2.42. The van der Waals surface area contributed by atoms with Crippen LogP contribution in [0, 0.1) is 6.92 Å². The summed E-state index contributed by atoms with van der Waals surface area (Å²) in [5, 5.41) is 2.14. The zero-order valence-corrected chi connectivity index (χ0v) is 8.53. The van der Waals surface area contributed by atoms with Crippen molar-refractivity contribution in [1.82, 2.24) is 4.98 Å². The summed E-state index contributed by atoms with van der Waals surface area (Å²) >= 11 is 0. The molecule has 0 aliphatic heterocycles. The first-order chi connectivity index (χ1) is 7.18. The molecule has 1 amide bonds. The number of amides is 1. The molecule has 3 nitrogen and oxygen atoms in total. The second kappa shape index (κ2) is 3.69. The number of carbonyl (C=O) groups is 1. The van der Waals surface area contributed by atoms with E-state index in [0.29, 0.717) is 0 Å². The van der Waals surface area contributed by atoms with E-state index in [-0.39, 0.29) is 12.3 Å². The molecule has 1 aromatic heterocycles. The first-order valence-corrected chi connectivity index (χ1v) is 4.79. The summed E-state index contributed by atoms with van der Waals surface area (Å²) in [4.78, 5) is 15.0. The van der Waals surface area contributed by atoms with E-state index in [4.69, 9.17) is 5.73 Å². The number of rotatable bonds is 2. The van der Waals surface area contributed by atoms with E-state index >= 15 is 0 Å². The summed E-state index contributed by atoms with van der Waals surface area (Å²) in [6, 6.07) is 5.83. The Bertz CT molecular complexity index is 515. The Kier molecular flexibility index (Phi) is 2.37. The van der Waals surface area contributed by atoms with Gasteiger partial charge in [0, 0.05) is 17.8 Å². The van der Waals surface area contributed by atoms with Crippen molar-refractivity contribution in [1.29, 1.82) is 0 Å². The topological polar surface area (TPSA) is 56.0 Å². The van der Waals surface area contributed by atoms with Crippen LogP contribution in [0.1, 0.15) is 11.1 Å². The molecule has 0 bridgehead atoms. The summed E-state index contributed by atoms with van der Waals surface area (Å²) in [7, 11) is 0. The Morgan fingerprint density at radius 1 is 1.40 bits per heavy atom. The van der Waals surface area contributed by atoms with Gasteiger partial charge in [-0.25, -0.2) is 0 Å². The van der Waals surface area contributed by atoms with Gasteiger partial charge in [-0.15, -0.1) is 0 Å². The number of aromatic nitrogens is 1. The normalized spacial score (nSPS) is 10.5. The number of nitrogens with two attached hydrogens (primary N) is 1. The molecule has 2 rings (SSSR count). The molecule has 0 fully saturated rings. The van der Waals surface area contributed by atoms with Crippen molar-refractivity contribution in [2.75, 3.05) is 0 Å². The van der Waals surface area contributed by atoms with Gasteiger partial charge in [-0.2, -0.15) is 0 Å². The van der Waals surface area contributed by atoms with Gasteiger partial charge in [0.1, 0.15) is 0 Å². The maximum absolute atomic E-state index is 10.9. The fourth-order valence-corrected chi connectivity index (χ4v) is 1.84. The molecule has 76 valence electrons. The number of hydrogen-bond acceptors (Lipinski definition) is 2. The van der Waals surface area contributed by atoms with E-state index in [2.05, 4.69) is 4.98 Å². The number of fused-ring (bicyclic) bond motifs is 1. The Morgan fingerprint density at radius 3 is 2.93 bits per heavy atom. The van der Waals surface area contributed by atoms with Gasteiger partial charge in [-0.3, -0.25) is 9.78 Å². The second-order valence-electron chi connectivity index (χ2n) is 3.61. The molecule has 0 aliphatic rings. The molecule has 2 aromatic rings. The number of aryl methyl sites for hydroxylation is 1. The highest BCUT2D eigenvalue weighted by atomic mass is 16.1. The number of hydrogen-bond donors (Lipinski definition) is 1. The molecular weight excluding hydrogens is 188 g/mol. The smallest absolute Gasteiger partial charge is 0.221 e. The summed E-state index contributed by atoms with van der Waals surface area (Å²) in [5.41, 5.74) is 7.26. The second-order valence-corrected chi connectivity index (χ2v) is 3.61. The Balaban J connectivity index is 2.68. The van der Waals surface area contributed by atoms with Gasteiger partial charge in [0.05, 0.1) is 6.42 Å². The number of benzene rings is 1. The molecule has 0 radical (unpaired) electrons. The third-order valence-corrected chi connectivity index (χ3v) is 2.42. The Labute approximate surface area is 87.9 Å². The van der Waals surface area contributed by atoms with Crippen LogP contribution in [0.5, 0.6) is 0 Å². The van der Waals surface area contributed by atoms with Crippen molar-refractivity contribution in [3.05, 3.63) is 41.7 Å². The zero-order chi connectivity index (χ0) is 10.8. The van der Waals surface area contributed by atoms with E-state index < -0.39 is 0 Å². The fourth-order valence-electron chi connectivity index (χ4n) is 1.84. The van der Waals surface area contributed by atoms with Crippen molar-refractivity contribution in [3.8, 4) is 0 Å². The predicted octanol–water partition coefficient (Wildman–Crippen LogP) is 1.57. The maximum atomic E-state index is 10.9. The highest BCUT2D eigenvalue weighted by Gasteiger charge is 2.06. The minimum absolute atomic E-state index is 0.280. The van der Waals surface area contributed by atoms with Crippen LogP contribution in [0.2, 0.25) is 0 Å². The summed E-state index contributed by atoms with van der Waals surface area (Å²) < 4.78 is 0. The monoisotopic (exact) mass is 200 g/mol. The van der Waals surface area contributed by atoms with Crippen molar-refractivity contribution >= 4 is 16.7 Å². The lowest BCUT2D eigenvalue weighted by molar-refractivity contribution is -0.117. The van der Waals surface area contributed by atoms with Crippen LogP contribution in [0.15, 0.2) is 30.6 Å². The zero-order valence-electron chi connectivity index (χ0n) is 8.53. The van der Waals surface area contributed by atoms with Crippen LogP contribution in [0.4, 0.5) is 0 Å². The lowest BCUT2D eigenvalue weighted by Gasteiger charge is -2.06. The number of pyridine rings is 1. The molecule has 1 heterocycles. The quantitative estimate of drug-likeness (QED) is 0.800. The highest BCUT2D eigenvalue weighted by molar-refractivity contribution is 5.91. The molecule has 0 atom stereocenters. The lowest BCUT2D eigenvalue weighted by atomic mass is 10.0. The average Bonchev–Trinajstić information content (AvgIpc) is 2.17. The summed E-state index contributed by atoms with van der Waals surface area (Å²) in [6.45, 7) is 1.99. The molecular formula is C12H12N2O. The van der Waals surface area contributed by atoms with E-state index in [0.717, 1.165) is 21.9 Å². The van der Waals surface area contributed by atoms with Crippen molar-refractivity contribution in [2.24, 2.45) is 5.73 Å². The molecule has 3 heteroatoms. The van der Waals surface area contributed by atoms with Gasteiger partial charge in [-0.1, -0.05) is 18.2 Å². The van der Waals surface area contributed by atoms with Gasteiger partial charge < -0.3 is 5.73 Å². The van der Waals surface area contributed by atoms with E-state index in [1.54, 1.807) is 12.4 Å². The van der Waals surface area contributed by atoms with Crippen molar-refractivity contribution < 1.29 is 4.79 Å². The van der Waals surface area contributed by atoms with Crippen LogP contribution in [-0.4, -0.2) is 10.9 Å². The van der Waals surface area contributed by atoms with Gasteiger partial charge in [0.15, 0.2) is 0 Å². The standard InChI is InChI=1S/C12H12N2O/c1-8-6-14-7-10-4-2-3-9(12(8)10)5-11(13)15/h2-4,6-7H,5H2,1H3,(H2,13,15). The van der Waals surface area contributed by atoms with E-state index in [1.807, 2.05) is 25.1 Å². The minimum Gasteiger partial charge on any atom is -0.369 e. The van der Waals surface area contributed by atoms with Gasteiger partial charge in [0.2, 0.25) is 5.91 Å². The molecule has 0 aliphatic carbocycles. The van der Waals surface area contributed by atoms with Crippen molar-refractivity contribution in [2.45, 2.75) is 13.3 Å². The molecule has 0 saturated heterocycles. The molecule has 0 unspecified atom stereocenters. The molecule has 2 N–H and O–H groups in total. The van der Waals surface area contributed by atoms with E-state index in [1.165, 1.54) is 0 Å². The summed E-state index contributed by atoms with van der Waals surface area (Å²) in [6.07, 6.45) is 3.88. The van der Waals surface area contributed by atoms with Gasteiger partial charge in [0.25, 0.3) is 0 Å². The Hall–Kier alpha value is -1.90. The first-order valence-electron chi connectivity index (χ1n) is 4.79. The van der Waals surface area contributed by atoms with Gasteiger partial charge in [-0.05, 0) is 23.4 Å². The van der Waals surface area contributed by atoms with Crippen LogP contribution in [0.3, 0.4) is 0 Å². The van der Waals surface area contributed by atoms with Gasteiger partial charge >= 0.3 is 0 Å². The van der Waals surface area contributed by atoms with Crippen LogP contribution >= 0.6 is 0 Å². The summed E-state index contributed by atoms with van der Waals surface area (Å²) in [5.74, 6) is -0.307. The molecule has 0 saturated carbocycles. The maximum Gasteiger partial charge on any atom is 0.221 e. The molecule has 1 aromatic carbocycles. The average molecular weight is 200 g/mol. The van der Waals surface area contributed by atoms with Crippen LogP contribution < -0.4 is 5.73 Å². The number of carbonyl (C=O) groups excluding carboxylic acids is 1. The fraction of sp³-hybridized carbons (Fsp3) is 0.167. The minimum atomic E-state index is -0.307. The first kappa shape index (κ1) is 9.65. The van der Waals surface area contributed by atoms with Crippen molar-refractivity contribution in [3.63, 3.8) is 0 Å². The Morgan fingerprint density at radius 2 is 2.20 bits per heavy atom. The SMILES string of the molecule is Cc1cncc2cccc(CC(N)=O)c12. The third kappa shape index (κ3) is 1.81. The number of primary amides is 1. The molecule has 0 spiro atoms. The lowest BCUT2D eigenvalue weighted by Crippen LogP contribution is -2.14. The molecule has 15 heavy (non-hydrogen) atoms. The van der Waals surface area contributed by atoms with E-state index in [9.17, 15) is 4.79 Å². The van der Waals surface area contributed by atoms with Crippen LogP contribution in [-0.2, 0) is 11.2 Å². The largest absolute Gasteiger partial charge is 0.369 e. The van der Waals surface area contributed by atoms with Crippen LogP contribution in [0.25, 0.3) is 10.8 Å².